The first-order chi connectivity index (χ1) is 16.7. The van der Waals surface area contributed by atoms with Gasteiger partial charge in [0.1, 0.15) is 11.6 Å². The van der Waals surface area contributed by atoms with Crippen LogP contribution in [0.15, 0.2) is 47.4 Å². The lowest BCUT2D eigenvalue weighted by molar-refractivity contribution is 0.178. The molecule has 1 fully saturated rings. The molecule has 0 spiro atoms. The Kier molecular flexibility index (Phi) is 8.46. The van der Waals surface area contributed by atoms with Crippen LogP contribution in [0.4, 0.5) is 5.82 Å². The smallest absolute Gasteiger partial charge is 0.243 e. The van der Waals surface area contributed by atoms with Gasteiger partial charge in [-0.3, -0.25) is 4.90 Å². The van der Waals surface area contributed by atoms with E-state index in [9.17, 15) is 8.42 Å². The van der Waals surface area contributed by atoms with Gasteiger partial charge in [-0.25, -0.2) is 18.4 Å². The normalized spacial score (nSPS) is 15.7. The molecule has 4 rings (SSSR count). The number of hydrogen-bond donors (Lipinski definition) is 1. The van der Waals surface area contributed by atoms with Crippen LogP contribution >= 0.6 is 23.2 Å². The van der Waals surface area contributed by atoms with Gasteiger partial charge in [0.25, 0.3) is 0 Å². The summed E-state index contributed by atoms with van der Waals surface area (Å²) in [6.07, 6.45) is 1.01. The molecule has 1 saturated heterocycles. The van der Waals surface area contributed by atoms with Gasteiger partial charge in [0, 0.05) is 48.2 Å². The molecule has 0 unspecified atom stereocenters. The van der Waals surface area contributed by atoms with Gasteiger partial charge < -0.3 is 10.2 Å². The Morgan fingerprint density at radius 3 is 2.37 bits per heavy atom. The number of piperazine rings is 1. The van der Waals surface area contributed by atoms with Crippen molar-refractivity contribution in [2.24, 2.45) is 0 Å². The average Bonchev–Trinajstić information content (AvgIpc) is 2.81. The third-order valence-electron chi connectivity index (χ3n) is 5.89. The van der Waals surface area contributed by atoms with Crippen molar-refractivity contribution in [1.82, 2.24) is 24.1 Å². The number of anilines is 1. The van der Waals surface area contributed by atoms with Crippen molar-refractivity contribution < 1.29 is 8.42 Å². The first-order valence-corrected chi connectivity index (χ1v) is 13.7. The highest BCUT2D eigenvalue weighted by molar-refractivity contribution is 7.89. The zero-order valence-electron chi connectivity index (χ0n) is 19.9. The monoisotopic (exact) mass is 536 g/mol. The Bertz CT molecular complexity index is 1260. The fourth-order valence-corrected chi connectivity index (χ4v) is 6.24. The molecule has 0 amide bonds. The van der Waals surface area contributed by atoms with E-state index in [1.165, 1.54) is 22.5 Å². The molecule has 188 valence electrons. The van der Waals surface area contributed by atoms with Gasteiger partial charge in [-0.2, -0.15) is 4.31 Å². The molecule has 2 heterocycles. The summed E-state index contributed by atoms with van der Waals surface area (Å²) in [6.45, 7) is 4.27. The summed E-state index contributed by atoms with van der Waals surface area (Å²) in [5, 5.41) is 5.07. The molecule has 1 aliphatic heterocycles. The molecule has 1 aromatic heterocycles. The second-order valence-electron chi connectivity index (χ2n) is 8.87. The minimum atomic E-state index is -3.66. The Morgan fingerprint density at radius 1 is 1.00 bits per heavy atom. The van der Waals surface area contributed by atoms with E-state index in [-0.39, 0.29) is 4.90 Å². The van der Waals surface area contributed by atoms with Crippen LogP contribution in [-0.2, 0) is 16.6 Å². The number of para-hydroxylation sites is 1. The molecule has 11 heteroatoms. The predicted octanol–water partition coefficient (Wildman–Crippen LogP) is 3.81. The van der Waals surface area contributed by atoms with Crippen LogP contribution < -0.4 is 5.32 Å². The number of sulfonamides is 1. The maximum atomic E-state index is 13.1. The Balaban J connectivity index is 1.43. The Hall–Kier alpha value is -2.01. The van der Waals surface area contributed by atoms with Crippen LogP contribution in [0.1, 0.15) is 12.2 Å². The summed E-state index contributed by atoms with van der Waals surface area (Å²) in [5.74, 6) is 1.56. The van der Waals surface area contributed by atoms with E-state index in [1.54, 1.807) is 0 Å². The maximum absolute atomic E-state index is 13.1. The number of fused-ring (bicyclic) bond motifs is 1. The van der Waals surface area contributed by atoms with E-state index in [1.807, 2.05) is 24.3 Å². The van der Waals surface area contributed by atoms with Crippen LogP contribution in [0.5, 0.6) is 0 Å². The van der Waals surface area contributed by atoms with Crippen LogP contribution in [0.25, 0.3) is 10.9 Å². The largest absolute Gasteiger partial charge is 0.369 e. The fourth-order valence-electron chi connectivity index (χ4n) is 4.09. The van der Waals surface area contributed by atoms with Crippen molar-refractivity contribution in [2.75, 3.05) is 58.7 Å². The van der Waals surface area contributed by atoms with Gasteiger partial charge in [0.2, 0.25) is 10.0 Å². The van der Waals surface area contributed by atoms with Gasteiger partial charge in [-0.15, -0.1) is 0 Å². The summed E-state index contributed by atoms with van der Waals surface area (Å²) < 4.78 is 27.6. The summed E-state index contributed by atoms with van der Waals surface area (Å²) in [5.41, 5.74) is 0.895. The van der Waals surface area contributed by atoms with Crippen molar-refractivity contribution in [1.29, 1.82) is 0 Å². The van der Waals surface area contributed by atoms with E-state index in [0.717, 1.165) is 42.1 Å². The number of benzene rings is 2. The lowest BCUT2D eigenvalue weighted by atomic mass is 10.2. The summed E-state index contributed by atoms with van der Waals surface area (Å²) in [6, 6.07) is 12.4. The molecule has 0 aliphatic carbocycles. The van der Waals surface area contributed by atoms with Crippen LogP contribution in [-0.4, -0.2) is 85.9 Å². The van der Waals surface area contributed by atoms with Crippen LogP contribution in [0, 0.1) is 0 Å². The highest BCUT2D eigenvalue weighted by Crippen LogP contribution is 2.26. The van der Waals surface area contributed by atoms with Crippen molar-refractivity contribution >= 4 is 49.9 Å². The highest BCUT2D eigenvalue weighted by Gasteiger charge is 2.29. The molecule has 1 aliphatic rings. The molecule has 8 nitrogen and oxygen atoms in total. The molecule has 0 bridgehead atoms. The number of nitrogens with one attached hydrogen (secondary N) is 1. The van der Waals surface area contributed by atoms with Gasteiger partial charge >= 0.3 is 0 Å². The fraction of sp³-hybridized carbons (Fsp3) is 0.417. The van der Waals surface area contributed by atoms with Crippen LogP contribution in [0.2, 0.25) is 10.0 Å². The van der Waals surface area contributed by atoms with E-state index in [0.29, 0.717) is 42.8 Å². The zero-order valence-corrected chi connectivity index (χ0v) is 22.2. The Labute approximate surface area is 216 Å². The Morgan fingerprint density at radius 2 is 1.69 bits per heavy atom. The molecular formula is C24H30Cl2N6O2S. The molecule has 2 aromatic carbocycles. The van der Waals surface area contributed by atoms with Crippen molar-refractivity contribution in [3.8, 4) is 0 Å². The molecule has 35 heavy (non-hydrogen) atoms. The van der Waals surface area contributed by atoms with Crippen molar-refractivity contribution in [3.63, 3.8) is 0 Å². The molecule has 0 atom stereocenters. The lowest BCUT2D eigenvalue weighted by Gasteiger charge is -2.33. The minimum Gasteiger partial charge on any atom is -0.369 e. The van der Waals surface area contributed by atoms with Gasteiger partial charge in [-0.05, 0) is 57.4 Å². The highest BCUT2D eigenvalue weighted by atomic mass is 35.5. The number of aromatic nitrogens is 2. The van der Waals surface area contributed by atoms with Crippen molar-refractivity contribution in [2.45, 2.75) is 17.9 Å². The van der Waals surface area contributed by atoms with E-state index < -0.39 is 10.0 Å². The lowest BCUT2D eigenvalue weighted by Crippen LogP contribution is -2.48. The van der Waals surface area contributed by atoms with E-state index >= 15 is 0 Å². The topological polar surface area (TPSA) is 81.7 Å². The number of rotatable bonds is 9. The van der Waals surface area contributed by atoms with E-state index in [4.69, 9.17) is 33.2 Å². The molecule has 0 radical (unpaired) electrons. The first kappa shape index (κ1) is 26.1. The average molecular weight is 538 g/mol. The molecule has 3 aromatic rings. The van der Waals surface area contributed by atoms with Crippen molar-refractivity contribution in [3.05, 3.63) is 58.3 Å². The molecule has 1 N–H and O–H groups in total. The summed E-state index contributed by atoms with van der Waals surface area (Å²) in [7, 11) is 0.461. The minimum absolute atomic E-state index is 0.117. The second-order valence-corrected chi connectivity index (χ2v) is 11.7. The van der Waals surface area contributed by atoms with E-state index in [2.05, 4.69) is 29.2 Å². The second kappa shape index (κ2) is 11.4. The van der Waals surface area contributed by atoms with Gasteiger partial charge in [0.05, 0.1) is 17.0 Å². The quantitative estimate of drug-likeness (QED) is 0.416. The molecular weight excluding hydrogens is 507 g/mol. The summed E-state index contributed by atoms with van der Waals surface area (Å²) >= 11 is 12.0. The number of halogens is 2. The SMILES string of the molecule is CN(C)CCCNc1nc(CN2CCN(S(=O)(=O)c3cc(Cl)cc(Cl)c3)CC2)nc2ccccc12. The number of hydrogen-bond acceptors (Lipinski definition) is 7. The third-order valence-corrected chi connectivity index (χ3v) is 8.21. The standard InChI is InChI=1S/C24H30Cl2N6O2S/c1-30(2)9-5-8-27-24-21-6-3-4-7-22(21)28-23(29-24)17-31-10-12-32(13-11-31)35(33,34)20-15-18(25)14-19(26)16-20/h3-4,6-7,14-16H,5,8-13,17H2,1-2H3,(H,27,28,29). The predicted molar refractivity (Wildman–Crippen MR) is 142 cm³/mol. The van der Waals surface area contributed by atoms with Gasteiger partial charge in [0.15, 0.2) is 0 Å². The molecule has 0 saturated carbocycles. The first-order valence-electron chi connectivity index (χ1n) is 11.6. The van der Waals surface area contributed by atoms with Gasteiger partial charge in [-0.1, -0.05) is 35.3 Å². The van der Waals surface area contributed by atoms with Crippen LogP contribution in [0.3, 0.4) is 0 Å². The number of nitrogens with zero attached hydrogens (tertiary/aromatic N) is 5. The summed E-state index contributed by atoms with van der Waals surface area (Å²) in [4.78, 5) is 14.0. The zero-order chi connectivity index (χ0) is 25.0. The third kappa shape index (κ3) is 6.61. The maximum Gasteiger partial charge on any atom is 0.243 e.